The van der Waals surface area contributed by atoms with Crippen LogP contribution in [0.2, 0.25) is 13.3 Å². The van der Waals surface area contributed by atoms with Crippen molar-refractivity contribution >= 4 is 30.0 Å². The summed E-state index contributed by atoms with van der Waals surface area (Å²) in [7, 11) is 0. The Morgan fingerprint density at radius 1 is 1.00 bits per heavy atom. The number of unbranched alkanes of at least 4 members (excludes halogenated alkanes) is 3. The first-order chi connectivity index (χ1) is 16.8. The Morgan fingerprint density at radius 3 is 2.09 bits per heavy atom. The number of nitrogens with one attached hydrogen (secondary N) is 2. The molecule has 0 heterocycles. The number of allylic oxidation sites excluding steroid dienone is 1. The normalized spacial score (nSPS) is 12.9. The van der Waals surface area contributed by atoms with E-state index in [1.807, 2.05) is 38.1 Å². The molecular formula is C29H52N2O3Sn. The molecule has 0 radical (unpaired) electrons. The second-order valence-electron chi connectivity index (χ2n) is 10.2. The van der Waals surface area contributed by atoms with Crippen LogP contribution in [0.25, 0.3) is 0 Å². The number of aliphatic hydroxyl groups is 1. The van der Waals surface area contributed by atoms with E-state index in [0.717, 1.165) is 12.1 Å². The number of carbonyl (C=O) groups excluding carboxylic acids is 1. The molecule has 1 rings (SSSR count). The Labute approximate surface area is 219 Å². The van der Waals surface area contributed by atoms with Gasteiger partial charge in [0.05, 0.1) is 0 Å². The van der Waals surface area contributed by atoms with Crippen molar-refractivity contribution in [3.63, 3.8) is 0 Å². The molecule has 6 heteroatoms. The summed E-state index contributed by atoms with van der Waals surface area (Å²) in [6, 6.07) is 7.69. The monoisotopic (exact) mass is 596 g/mol. The summed E-state index contributed by atoms with van der Waals surface area (Å²) in [6.45, 7) is 11.7. The molecule has 0 saturated heterocycles. The molecule has 0 bridgehead atoms. The molecule has 0 saturated carbocycles. The fourth-order valence-corrected chi connectivity index (χ4v) is 18.8. The van der Waals surface area contributed by atoms with Gasteiger partial charge in [0.25, 0.3) is 0 Å². The van der Waals surface area contributed by atoms with Crippen LogP contribution in [0.4, 0.5) is 5.69 Å². The summed E-state index contributed by atoms with van der Waals surface area (Å²) in [5.41, 5.74) is 0.774. The molecule has 0 aliphatic rings. The van der Waals surface area contributed by atoms with E-state index in [-0.39, 0.29) is 12.5 Å². The molecule has 200 valence electrons. The summed E-state index contributed by atoms with van der Waals surface area (Å²) in [5.74, 6) is 0.736. The van der Waals surface area contributed by atoms with Gasteiger partial charge in [-0.15, -0.1) is 0 Å². The van der Waals surface area contributed by atoms with Gasteiger partial charge in [0, 0.05) is 12.6 Å². The number of rotatable bonds is 20. The average Bonchev–Trinajstić information content (AvgIpc) is 2.85. The molecule has 0 aliphatic carbocycles. The standard InChI is InChI=1S/C17H25N2O3.3C4H9.Sn/c1-4-5-6-17(21)19-14-7-9-16(10-8-14)22-12-15(20)11-18-13(2)3;3*1-3-4-2;/h1,4,7-10,13,15,18,20H,5-6,11-12H2,2-3H3,(H,19,21);3*1,3-4H2,2H3;/t15-;;;;/m0..../s1. The number of amides is 1. The van der Waals surface area contributed by atoms with Crippen molar-refractivity contribution in [1.82, 2.24) is 5.32 Å². The molecular weight excluding hydrogens is 543 g/mol. The molecule has 35 heavy (non-hydrogen) atoms. The van der Waals surface area contributed by atoms with Crippen LogP contribution in [0.5, 0.6) is 5.75 Å². The van der Waals surface area contributed by atoms with Crippen LogP contribution in [0.3, 0.4) is 0 Å². The predicted molar refractivity (Wildman–Crippen MR) is 153 cm³/mol. The quantitative estimate of drug-likeness (QED) is 0.141. The minimum atomic E-state index is -2.25. The van der Waals surface area contributed by atoms with Gasteiger partial charge in [0.2, 0.25) is 0 Å². The van der Waals surface area contributed by atoms with Gasteiger partial charge in [0.15, 0.2) is 0 Å². The fraction of sp³-hybridized carbons (Fsp3) is 0.690. The number of carbonyl (C=O) groups is 1. The molecule has 5 nitrogen and oxygen atoms in total. The molecule has 0 aliphatic heterocycles. The van der Waals surface area contributed by atoms with Crippen LogP contribution in [0.15, 0.2) is 34.4 Å². The Kier molecular flexibility index (Phi) is 17.5. The zero-order valence-corrected chi connectivity index (χ0v) is 25.9. The summed E-state index contributed by atoms with van der Waals surface area (Å²) < 4.78 is 12.7. The minimum absolute atomic E-state index is 0.0509. The van der Waals surface area contributed by atoms with E-state index >= 15 is 0 Å². The van der Waals surface area contributed by atoms with E-state index in [1.165, 1.54) is 51.8 Å². The van der Waals surface area contributed by atoms with Crippen LogP contribution in [-0.4, -0.2) is 54.7 Å². The zero-order valence-electron chi connectivity index (χ0n) is 23.1. The molecule has 1 atom stereocenters. The molecule has 3 N–H and O–H groups in total. The van der Waals surface area contributed by atoms with Gasteiger partial charge in [-0.2, -0.15) is 0 Å². The van der Waals surface area contributed by atoms with E-state index < -0.39 is 24.5 Å². The van der Waals surface area contributed by atoms with Crippen molar-refractivity contribution < 1.29 is 14.6 Å². The second-order valence-corrected chi connectivity index (χ2v) is 23.2. The summed E-state index contributed by atoms with van der Waals surface area (Å²) >= 11 is -2.25. The molecule has 0 aromatic heterocycles. The molecule has 0 spiro atoms. The Hall–Kier alpha value is -1.05. The molecule has 1 aromatic carbocycles. The van der Waals surface area contributed by atoms with Crippen LogP contribution in [0, 0.1) is 0 Å². The van der Waals surface area contributed by atoms with Crippen molar-refractivity contribution in [2.24, 2.45) is 0 Å². The van der Waals surface area contributed by atoms with E-state index in [2.05, 4.69) is 41.6 Å². The Bertz CT molecular complexity index is 685. The first kappa shape index (κ1) is 32.0. The number of hydrogen-bond acceptors (Lipinski definition) is 4. The van der Waals surface area contributed by atoms with Crippen molar-refractivity contribution in [1.29, 1.82) is 0 Å². The number of hydrogen-bond donors (Lipinski definition) is 3. The first-order valence-corrected chi connectivity index (χ1v) is 21.7. The summed E-state index contributed by atoms with van der Waals surface area (Å²) in [4.78, 5) is 12.5. The van der Waals surface area contributed by atoms with Crippen LogP contribution < -0.4 is 15.4 Å². The third-order valence-corrected chi connectivity index (χ3v) is 20.7. The number of aliphatic hydroxyl groups excluding tert-OH is 1. The van der Waals surface area contributed by atoms with E-state index in [4.69, 9.17) is 4.74 Å². The molecule has 1 aromatic rings. The predicted octanol–water partition coefficient (Wildman–Crippen LogP) is 7.09. The fourth-order valence-electron chi connectivity index (χ4n) is 4.24. The van der Waals surface area contributed by atoms with Gasteiger partial charge in [-0.25, -0.2) is 0 Å². The van der Waals surface area contributed by atoms with Gasteiger partial charge in [-0.05, 0) is 0 Å². The van der Waals surface area contributed by atoms with Crippen LogP contribution >= 0.6 is 0 Å². The summed E-state index contributed by atoms with van der Waals surface area (Å²) in [6.07, 6.45) is 11.1. The van der Waals surface area contributed by atoms with Gasteiger partial charge in [-0.3, -0.25) is 0 Å². The Balaban J connectivity index is 2.52. The van der Waals surface area contributed by atoms with Gasteiger partial charge < -0.3 is 10.4 Å². The third-order valence-electron chi connectivity index (χ3n) is 6.44. The number of anilines is 1. The third kappa shape index (κ3) is 14.9. The maximum atomic E-state index is 12.5. The first-order valence-electron chi connectivity index (χ1n) is 14.0. The zero-order chi connectivity index (χ0) is 25.9. The van der Waals surface area contributed by atoms with Crippen molar-refractivity contribution in [3.8, 4) is 5.75 Å². The maximum absolute atomic E-state index is 12.5. The van der Waals surface area contributed by atoms with Crippen molar-refractivity contribution in [3.05, 3.63) is 34.4 Å². The van der Waals surface area contributed by atoms with Gasteiger partial charge in [-0.1, -0.05) is 13.8 Å². The van der Waals surface area contributed by atoms with Crippen LogP contribution in [0.1, 0.15) is 86.0 Å². The van der Waals surface area contributed by atoms with E-state index in [9.17, 15) is 9.90 Å². The second kappa shape index (κ2) is 19.1. The number of ether oxygens (including phenoxy) is 1. The Morgan fingerprint density at radius 2 is 1.57 bits per heavy atom. The van der Waals surface area contributed by atoms with Crippen molar-refractivity contribution in [2.45, 2.75) is 111 Å². The molecule has 0 unspecified atom stereocenters. The topological polar surface area (TPSA) is 70.6 Å². The van der Waals surface area contributed by atoms with Crippen molar-refractivity contribution in [2.75, 3.05) is 18.5 Å². The molecule has 1 amide bonds. The number of benzene rings is 1. The molecule has 0 fully saturated rings. The van der Waals surface area contributed by atoms with Crippen LogP contribution in [-0.2, 0) is 4.79 Å². The van der Waals surface area contributed by atoms with E-state index in [0.29, 0.717) is 24.8 Å². The van der Waals surface area contributed by atoms with E-state index in [1.54, 1.807) is 0 Å². The summed E-state index contributed by atoms with van der Waals surface area (Å²) in [5, 5.41) is 16.2. The SMILES string of the molecule is CCC[CH2][Sn](/[CH]=C/CCC(=O)Nc1ccc(OC[C@@H](O)CNC(C)C)cc1)([CH2]CCC)[CH2]CCC. The van der Waals surface area contributed by atoms with Gasteiger partial charge in [0.1, 0.15) is 6.10 Å². The average molecular weight is 595 g/mol. The van der Waals surface area contributed by atoms with Gasteiger partial charge >= 0.3 is 177 Å².